The Balaban J connectivity index is 1.88. The number of anilines is 1. The summed E-state index contributed by atoms with van der Waals surface area (Å²) >= 11 is 9.19. The maximum Gasteiger partial charge on any atom is 0.206 e. The van der Waals surface area contributed by atoms with Gasteiger partial charge in [0, 0.05) is 11.3 Å². The molecule has 23 heavy (non-hydrogen) atoms. The summed E-state index contributed by atoms with van der Waals surface area (Å²) in [6.45, 7) is 2.31. The van der Waals surface area contributed by atoms with E-state index in [9.17, 15) is 4.79 Å². The molecule has 0 spiro atoms. The van der Waals surface area contributed by atoms with Crippen molar-refractivity contribution >= 4 is 45.6 Å². The van der Waals surface area contributed by atoms with E-state index in [1.165, 1.54) is 18.4 Å². The summed E-state index contributed by atoms with van der Waals surface area (Å²) in [4.78, 5) is 12.2. The van der Waals surface area contributed by atoms with E-state index in [0.717, 1.165) is 22.9 Å². The first-order chi connectivity index (χ1) is 11.1. The van der Waals surface area contributed by atoms with E-state index in [1.807, 2.05) is 0 Å². The van der Waals surface area contributed by atoms with Crippen molar-refractivity contribution in [2.75, 3.05) is 24.7 Å². The van der Waals surface area contributed by atoms with Crippen molar-refractivity contribution in [2.24, 2.45) is 0 Å². The molecule has 0 radical (unpaired) electrons. The number of aromatic nitrogens is 2. The zero-order chi connectivity index (χ0) is 16.7. The zero-order valence-corrected chi connectivity index (χ0v) is 15.4. The van der Waals surface area contributed by atoms with Crippen molar-refractivity contribution in [2.45, 2.75) is 24.1 Å². The van der Waals surface area contributed by atoms with E-state index in [0.29, 0.717) is 21.5 Å². The van der Waals surface area contributed by atoms with Crippen molar-refractivity contribution in [3.63, 3.8) is 0 Å². The van der Waals surface area contributed by atoms with Gasteiger partial charge in [-0.1, -0.05) is 48.0 Å². The molecule has 2 rings (SSSR count). The van der Waals surface area contributed by atoms with Gasteiger partial charge in [0.05, 0.1) is 18.7 Å². The summed E-state index contributed by atoms with van der Waals surface area (Å²) in [6.07, 6.45) is 2.32. The largest absolute Gasteiger partial charge is 0.495 e. The van der Waals surface area contributed by atoms with E-state index in [2.05, 4.69) is 22.4 Å². The maximum absolute atomic E-state index is 12.2. The van der Waals surface area contributed by atoms with Crippen LogP contribution in [0.1, 0.15) is 30.1 Å². The number of nitrogens with one attached hydrogen (secondary N) is 1. The fourth-order valence-corrected chi connectivity index (χ4v) is 3.90. The van der Waals surface area contributed by atoms with E-state index in [-0.39, 0.29) is 12.3 Å². The molecule has 0 unspecified atom stereocenters. The van der Waals surface area contributed by atoms with Crippen molar-refractivity contribution in [1.82, 2.24) is 10.2 Å². The lowest BCUT2D eigenvalue weighted by molar-refractivity contribution is 0.101. The van der Waals surface area contributed by atoms with Gasteiger partial charge >= 0.3 is 0 Å². The van der Waals surface area contributed by atoms with Crippen LogP contribution in [0.25, 0.3) is 0 Å². The molecular formula is C15H18ClN3O2S2. The van der Waals surface area contributed by atoms with Gasteiger partial charge in [-0.2, -0.15) is 0 Å². The minimum atomic E-state index is -0.0649. The molecular weight excluding hydrogens is 354 g/mol. The molecule has 0 amide bonds. The number of ether oxygens (including phenoxy) is 1. The Bertz CT molecular complexity index is 664. The molecule has 0 aliphatic heterocycles. The minimum absolute atomic E-state index is 0.0649. The molecule has 8 heteroatoms. The molecule has 0 bridgehead atoms. The van der Waals surface area contributed by atoms with Crippen LogP contribution in [0, 0.1) is 0 Å². The quantitative estimate of drug-likeness (QED) is 0.400. The van der Waals surface area contributed by atoms with Crippen LogP contribution in [0.15, 0.2) is 22.5 Å². The number of carbonyl (C=O) groups excluding carboxylic acids is 1. The third-order valence-corrected chi connectivity index (χ3v) is 5.40. The summed E-state index contributed by atoms with van der Waals surface area (Å²) < 4.78 is 5.99. The van der Waals surface area contributed by atoms with Crippen molar-refractivity contribution < 1.29 is 9.53 Å². The molecule has 0 aliphatic rings. The van der Waals surface area contributed by atoms with Gasteiger partial charge in [0.15, 0.2) is 10.1 Å². The Labute approximate surface area is 148 Å². The number of thioether (sulfide) groups is 1. The second-order valence-electron chi connectivity index (χ2n) is 4.70. The molecule has 124 valence electrons. The number of ketones is 1. The lowest BCUT2D eigenvalue weighted by Crippen LogP contribution is -2.13. The van der Waals surface area contributed by atoms with Gasteiger partial charge in [-0.3, -0.25) is 4.79 Å². The molecule has 1 aromatic heterocycles. The highest BCUT2D eigenvalue weighted by atomic mass is 35.5. The smallest absolute Gasteiger partial charge is 0.206 e. The number of benzene rings is 1. The predicted octanol–water partition coefficient (Wildman–Crippen LogP) is 4.39. The summed E-state index contributed by atoms with van der Waals surface area (Å²) in [5.74, 6) is 1.52. The van der Waals surface area contributed by atoms with E-state index in [1.54, 1.807) is 30.0 Å². The van der Waals surface area contributed by atoms with Crippen LogP contribution in [-0.2, 0) is 0 Å². The average molecular weight is 372 g/mol. The van der Waals surface area contributed by atoms with Gasteiger partial charge < -0.3 is 10.1 Å². The number of Topliss-reactive ketones (excluding diaryl/α,β-unsaturated/α-hetero) is 1. The zero-order valence-electron chi connectivity index (χ0n) is 13.0. The molecule has 0 saturated heterocycles. The van der Waals surface area contributed by atoms with E-state index >= 15 is 0 Å². The third kappa shape index (κ3) is 5.37. The van der Waals surface area contributed by atoms with Crippen LogP contribution in [0.3, 0.4) is 0 Å². The summed E-state index contributed by atoms with van der Waals surface area (Å²) in [5, 5.41) is 12.2. The number of nitrogens with zero attached hydrogens (tertiary/aromatic N) is 2. The average Bonchev–Trinajstić information content (AvgIpc) is 3.00. The topological polar surface area (TPSA) is 64.1 Å². The van der Waals surface area contributed by atoms with Crippen molar-refractivity contribution in [3.05, 3.63) is 28.8 Å². The van der Waals surface area contributed by atoms with Gasteiger partial charge in [0.25, 0.3) is 0 Å². The number of hydrogen-bond donors (Lipinski definition) is 1. The third-order valence-electron chi connectivity index (χ3n) is 3.00. The fourth-order valence-electron chi connectivity index (χ4n) is 1.74. The first-order valence-corrected chi connectivity index (χ1v) is 9.39. The lowest BCUT2D eigenvalue weighted by Gasteiger charge is -2.05. The maximum atomic E-state index is 12.2. The SMILES string of the molecule is CCCCSc1nnc(NCC(=O)c2ccc(OC)c(Cl)c2)s1. The number of unbranched alkanes of at least 4 members (excludes halogenated alkanes) is 1. The highest BCUT2D eigenvalue weighted by Gasteiger charge is 2.11. The highest BCUT2D eigenvalue weighted by molar-refractivity contribution is 8.01. The summed E-state index contributed by atoms with van der Waals surface area (Å²) in [5.41, 5.74) is 0.533. The van der Waals surface area contributed by atoms with E-state index in [4.69, 9.17) is 16.3 Å². The first kappa shape index (κ1) is 18.0. The summed E-state index contributed by atoms with van der Waals surface area (Å²) in [6, 6.07) is 4.99. The Morgan fingerprint density at radius 2 is 2.26 bits per heavy atom. The molecule has 0 aliphatic carbocycles. The molecule has 1 heterocycles. The van der Waals surface area contributed by atoms with Crippen LogP contribution in [0.4, 0.5) is 5.13 Å². The molecule has 1 N–H and O–H groups in total. The lowest BCUT2D eigenvalue weighted by atomic mass is 10.1. The number of hydrogen-bond acceptors (Lipinski definition) is 7. The van der Waals surface area contributed by atoms with Gasteiger partial charge in [0.1, 0.15) is 5.75 Å². The van der Waals surface area contributed by atoms with Gasteiger partial charge in [-0.25, -0.2) is 0 Å². The normalized spacial score (nSPS) is 10.6. The minimum Gasteiger partial charge on any atom is -0.495 e. The van der Waals surface area contributed by atoms with Gasteiger partial charge in [-0.15, -0.1) is 10.2 Å². The molecule has 5 nitrogen and oxygen atoms in total. The van der Waals surface area contributed by atoms with Crippen LogP contribution >= 0.6 is 34.7 Å². The predicted molar refractivity (Wildman–Crippen MR) is 96.4 cm³/mol. The molecule has 0 atom stereocenters. The van der Waals surface area contributed by atoms with Crippen LogP contribution in [0.2, 0.25) is 5.02 Å². The monoisotopic (exact) mass is 371 g/mol. The summed E-state index contributed by atoms with van der Waals surface area (Å²) in [7, 11) is 1.54. The van der Waals surface area contributed by atoms with Gasteiger partial charge in [-0.05, 0) is 24.6 Å². The number of carbonyl (C=O) groups is 1. The van der Waals surface area contributed by atoms with Crippen LogP contribution in [0.5, 0.6) is 5.75 Å². The number of halogens is 1. The van der Waals surface area contributed by atoms with Crippen molar-refractivity contribution in [3.8, 4) is 5.75 Å². The molecule has 0 saturated carbocycles. The molecule has 2 aromatic rings. The van der Waals surface area contributed by atoms with Gasteiger partial charge in [0.2, 0.25) is 5.13 Å². The molecule has 0 fully saturated rings. The molecule has 1 aromatic carbocycles. The first-order valence-electron chi connectivity index (χ1n) is 7.21. The number of rotatable bonds is 9. The number of methoxy groups -OCH3 is 1. The van der Waals surface area contributed by atoms with Crippen LogP contribution < -0.4 is 10.1 Å². The van der Waals surface area contributed by atoms with E-state index < -0.39 is 0 Å². The fraction of sp³-hybridized carbons (Fsp3) is 0.400. The van der Waals surface area contributed by atoms with Crippen LogP contribution in [-0.4, -0.2) is 35.4 Å². The Morgan fingerprint density at radius 3 is 2.96 bits per heavy atom. The Kier molecular flexibility index (Phi) is 7.14. The Morgan fingerprint density at radius 1 is 1.43 bits per heavy atom. The second-order valence-corrected chi connectivity index (χ2v) is 7.43. The Hall–Kier alpha value is -1.31. The highest BCUT2D eigenvalue weighted by Crippen LogP contribution is 2.27. The standard InChI is InChI=1S/C15H18ClN3O2S2/c1-3-4-7-22-15-19-18-14(23-15)17-9-12(20)10-5-6-13(21-2)11(16)8-10/h5-6,8H,3-4,7,9H2,1-2H3,(H,17,18). The second kappa shape index (κ2) is 9.10. The van der Waals surface area contributed by atoms with Crippen molar-refractivity contribution in [1.29, 1.82) is 0 Å².